The van der Waals surface area contributed by atoms with Gasteiger partial charge in [0.1, 0.15) is 6.10 Å². The fourth-order valence-corrected chi connectivity index (χ4v) is 1.33. The molecule has 1 heterocycles. The van der Waals surface area contributed by atoms with E-state index in [0.29, 0.717) is 0 Å². The van der Waals surface area contributed by atoms with Gasteiger partial charge in [-0.05, 0) is 0 Å². The lowest BCUT2D eigenvalue weighted by Crippen LogP contribution is -2.26. The van der Waals surface area contributed by atoms with Crippen LogP contribution >= 0.6 is 0 Å². The lowest BCUT2D eigenvalue weighted by molar-refractivity contribution is -0.386. The summed E-state index contributed by atoms with van der Waals surface area (Å²) in [5.74, 6) is -0.833. The summed E-state index contributed by atoms with van der Waals surface area (Å²) in [6.07, 6.45) is -2.56. The van der Waals surface area contributed by atoms with Crippen LogP contribution < -0.4 is 11.3 Å². The zero-order valence-corrected chi connectivity index (χ0v) is 9.07. The van der Waals surface area contributed by atoms with Crippen LogP contribution in [-0.2, 0) is 4.79 Å². The molecular formula is C9H11N3O6. The van der Waals surface area contributed by atoms with Crippen LogP contribution in [-0.4, -0.2) is 32.1 Å². The zero-order chi connectivity index (χ0) is 13.9. The quantitative estimate of drug-likeness (QED) is 0.373. The third-order valence-electron chi connectivity index (χ3n) is 2.22. The molecule has 0 saturated carbocycles. The minimum Gasteiger partial charge on any atom is -0.390 e. The number of nitro groups is 1. The van der Waals surface area contributed by atoms with E-state index in [1.807, 2.05) is 0 Å². The molecule has 0 spiro atoms. The van der Waals surface area contributed by atoms with Crippen molar-refractivity contribution in [2.24, 2.45) is 5.73 Å². The molecule has 1 aromatic rings. The van der Waals surface area contributed by atoms with Gasteiger partial charge in [0.15, 0.2) is 0 Å². The number of rotatable bonds is 5. The number of H-pyrrole nitrogens is 1. The lowest BCUT2D eigenvalue weighted by atomic mass is 10.0. The normalized spacial score (nSPS) is 13.9. The van der Waals surface area contributed by atoms with Crippen molar-refractivity contribution in [3.63, 3.8) is 0 Å². The molecule has 18 heavy (non-hydrogen) atoms. The number of nitrogens with one attached hydrogen (secondary N) is 1. The van der Waals surface area contributed by atoms with Gasteiger partial charge in [-0.25, -0.2) is 0 Å². The number of nitrogens with zero attached hydrogens (tertiary/aromatic N) is 1. The highest BCUT2D eigenvalue weighted by atomic mass is 16.6. The van der Waals surface area contributed by atoms with Crippen molar-refractivity contribution < 1.29 is 19.9 Å². The molecule has 9 heteroatoms. The van der Waals surface area contributed by atoms with E-state index < -0.39 is 40.7 Å². The average molecular weight is 257 g/mol. The summed E-state index contributed by atoms with van der Waals surface area (Å²) in [4.78, 5) is 33.3. The molecule has 0 aliphatic rings. The summed E-state index contributed by atoms with van der Waals surface area (Å²) >= 11 is 0. The van der Waals surface area contributed by atoms with Gasteiger partial charge in [-0.3, -0.25) is 19.7 Å². The molecule has 0 aliphatic heterocycles. The van der Waals surface area contributed by atoms with Crippen molar-refractivity contribution in [2.45, 2.75) is 18.6 Å². The fourth-order valence-electron chi connectivity index (χ4n) is 1.33. The SMILES string of the molecule is NC(=O)CC(O)C(O)c1c[nH]c(=O)c([N+](=O)[O-])c1. The van der Waals surface area contributed by atoms with Crippen LogP contribution in [0.4, 0.5) is 5.69 Å². The zero-order valence-electron chi connectivity index (χ0n) is 9.07. The molecule has 1 rings (SSSR count). The van der Waals surface area contributed by atoms with Gasteiger partial charge in [-0.1, -0.05) is 0 Å². The third-order valence-corrected chi connectivity index (χ3v) is 2.22. The first-order valence-corrected chi connectivity index (χ1v) is 4.84. The van der Waals surface area contributed by atoms with Crippen LogP contribution in [0.2, 0.25) is 0 Å². The Kier molecular flexibility index (Phi) is 4.13. The molecule has 0 fully saturated rings. The Morgan fingerprint density at radius 1 is 1.56 bits per heavy atom. The monoisotopic (exact) mass is 257 g/mol. The fraction of sp³-hybridized carbons (Fsp3) is 0.333. The van der Waals surface area contributed by atoms with Crippen LogP contribution in [0.1, 0.15) is 18.1 Å². The first-order valence-electron chi connectivity index (χ1n) is 4.84. The van der Waals surface area contributed by atoms with Crippen LogP contribution in [0, 0.1) is 10.1 Å². The molecule has 0 bridgehead atoms. The van der Waals surface area contributed by atoms with Gasteiger partial charge in [-0.2, -0.15) is 0 Å². The van der Waals surface area contributed by atoms with E-state index in [-0.39, 0.29) is 5.56 Å². The first kappa shape index (κ1) is 13.8. The maximum absolute atomic E-state index is 11.1. The van der Waals surface area contributed by atoms with Crippen molar-refractivity contribution >= 4 is 11.6 Å². The van der Waals surface area contributed by atoms with E-state index in [2.05, 4.69) is 4.98 Å². The van der Waals surface area contributed by atoms with Crippen LogP contribution in [0.5, 0.6) is 0 Å². The van der Waals surface area contributed by atoms with Gasteiger partial charge in [0.05, 0.1) is 17.4 Å². The van der Waals surface area contributed by atoms with E-state index in [9.17, 15) is 29.9 Å². The van der Waals surface area contributed by atoms with Gasteiger partial charge in [0.2, 0.25) is 5.91 Å². The van der Waals surface area contributed by atoms with E-state index >= 15 is 0 Å². The second-order valence-corrected chi connectivity index (χ2v) is 3.59. The number of carbonyl (C=O) groups is 1. The highest BCUT2D eigenvalue weighted by Gasteiger charge is 2.23. The summed E-state index contributed by atoms with van der Waals surface area (Å²) < 4.78 is 0. The smallest absolute Gasteiger partial charge is 0.334 e. The number of primary amides is 1. The third kappa shape index (κ3) is 3.12. The van der Waals surface area contributed by atoms with Gasteiger partial charge in [-0.15, -0.1) is 0 Å². The molecule has 1 amide bonds. The molecule has 9 nitrogen and oxygen atoms in total. The highest BCUT2D eigenvalue weighted by Crippen LogP contribution is 2.19. The number of aliphatic hydroxyl groups is 2. The first-order chi connectivity index (χ1) is 8.32. The van der Waals surface area contributed by atoms with E-state index in [4.69, 9.17) is 5.73 Å². The number of nitrogens with two attached hydrogens (primary N) is 1. The molecule has 5 N–H and O–H groups in total. The van der Waals surface area contributed by atoms with Crippen molar-refractivity contribution in [1.82, 2.24) is 4.98 Å². The maximum Gasteiger partial charge on any atom is 0.334 e. The Hall–Kier alpha value is -2.26. The molecule has 0 aromatic carbocycles. The Balaban J connectivity index is 3.03. The molecule has 0 radical (unpaired) electrons. The molecule has 0 aliphatic carbocycles. The van der Waals surface area contributed by atoms with Crippen LogP contribution in [0.25, 0.3) is 0 Å². The summed E-state index contributed by atoms with van der Waals surface area (Å²) in [5.41, 5.74) is 3.05. The van der Waals surface area contributed by atoms with Crippen molar-refractivity contribution in [1.29, 1.82) is 0 Å². The van der Waals surface area contributed by atoms with Crippen molar-refractivity contribution in [3.05, 3.63) is 38.3 Å². The second-order valence-electron chi connectivity index (χ2n) is 3.59. The number of carbonyl (C=O) groups excluding carboxylic acids is 1. The van der Waals surface area contributed by atoms with Gasteiger partial charge < -0.3 is 20.9 Å². The Labute approximate surface area is 100 Å². The maximum atomic E-state index is 11.1. The standard InChI is InChI=1S/C9H11N3O6/c10-7(14)2-6(13)8(15)4-1-5(12(17)18)9(16)11-3-4/h1,3,6,8,13,15H,2H2,(H2,10,14)(H,11,16). The van der Waals surface area contributed by atoms with Crippen LogP contribution in [0.3, 0.4) is 0 Å². The highest BCUT2D eigenvalue weighted by molar-refractivity contribution is 5.74. The number of aromatic nitrogens is 1. The summed E-state index contributed by atoms with van der Waals surface area (Å²) in [7, 11) is 0. The summed E-state index contributed by atoms with van der Waals surface area (Å²) in [6.45, 7) is 0. The minimum atomic E-state index is -1.56. The molecule has 1 aromatic heterocycles. The van der Waals surface area contributed by atoms with Crippen molar-refractivity contribution in [2.75, 3.05) is 0 Å². The number of pyridine rings is 1. The van der Waals surface area contributed by atoms with Crippen LogP contribution in [0.15, 0.2) is 17.1 Å². The summed E-state index contributed by atoms with van der Waals surface area (Å²) in [6, 6.07) is 0.827. The number of aliphatic hydroxyl groups excluding tert-OH is 2. The predicted octanol–water partition coefficient (Wildman–Crippen LogP) is -1.45. The molecular weight excluding hydrogens is 246 g/mol. The van der Waals surface area contributed by atoms with E-state index in [0.717, 1.165) is 12.3 Å². The largest absolute Gasteiger partial charge is 0.390 e. The Bertz CT molecular complexity index is 525. The van der Waals surface area contributed by atoms with Gasteiger partial charge >= 0.3 is 11.2 Å². The molecule has 2 unspecified atom stereocenters. The van der Waals surface area contributed by atoms with E-state index in [1.165, 1.54) is 0 Å². The average Bonchev–Trinajstić information content (AvgIpc) is 2.27. The minimum absolute atomic E-state index is 0.0879. The van der Waals surface area contributed by atoms with Crippen molar-refractivity contribution in [3.8, 4) is 0 Å². The van der Waals surface area contributed by atoms with Gasteiger partial charge in [0, 0.05) is 17.8 Å². The Morgan fingerprint density at radius 3 is 2.67 bits per heavy atom. The number of aromatic amines is 1. The summed E-state index contributed by atoms with van der Waals surface area (Å²) in [5, 5.41) is 29.6. The number of amides is 1. The van der Waals surface area contributed by atoms with E-state index in [1.54, 1.807) is 0 Å². The van der Waals surface area contributed by atoms with Gasteiger partial charge in [0.25, 0.3) is 0 Å². The molecule has 2 atom stereocenters. The lowest BCUT2D eigenvalue weighted by Gasteiger charge is -2.16. The number of hydrogen-bond donors (Lipinski definition) is 4. The second kappa shape index (κ2) is 5.38. The molecule has 0 saturated heterocycles. The topological polar surface area (TPSA) is 160 Å². The Morgan fingerprint density at radius 2 is 2.17 bits per heavy atom. The number of hydrogen-bond acceptors (Lipinski definition) is 6. The molecule has 98 valence electrons. The predicted molar refractivity (Wildman–Crippen MR) is 58.5 cm³/mol.